The first kappa shape index (κ1) is 19.2. The Balaban J connectivity index is 1.99. The Kier molecular flexibility index (Phi) is 4.68. The van der Waals surface area contributed by atoms with Gasteiger partial charge in [0.2, 0.25) is 0 Å². The van der Waals surface area contributed by atoms with Crippen LogP contribution in [0.15, 0.2) is 53.1 Å². The summed E-state index contributed by atoms with van der Waals surface area (Å²) in [5, 5.41) is 20.6. The molecule has 4 rings (SSSR count). The van der Waals surface area contributed by atoms with Gasteiger partial charge in [-0.15, -0.1) is 0 Å². The summed E-state index contributed by atoms with van der Waals surface area (Å²) in [4.78, 5) is 14.7. The van der Waals surface area contributed by atoms with Crippen LogP contribution in [0.3, 0.4) is 0 Å². The Hall–Kier alpha value is -3.09. The molecule has 2 aliphatic heterocycles. The molecule has 0 amide bonds. The lowest BCUT2D eigenvalue weighted by molar-refractivity contribution is -0.121. The van der Waals surface area contributed by atoms with E-state index >= 15 is 0 Å². The van der Waals surface area contributed by atoms with Gasteiger partial charge < -0.3 is 9.64 Å². The molecule has 144 valence electrons. The van der Waals surface area contributed by atoms with Gasteiger partial charge in [0, 0.05) is 12.1 Å². The molecule has 0 aliphatic carbocycles. The van der Waals surface area contributed by atoms with Gasteiger partial charge in [0.25, 0.3) is 0 Å². The number of halogens is 1. The van der Waals surface area contributed by atoms with Gasteiger partial charge in [-0.25, -0.2) is 0 Å². The highest BCUT2D eigenvalue weighted by Crippen LogP contribution is 2.59. The summed E-state index contributed by atoms with van der Waals surface area (Å²) >= 11 is 3.49. The fourth-order valence-corrected chi connectivity index (χ4v) is 5.26. The van der Waals surface area contributed by atoms with E-state index in [1.54, 1.807) is 13.2 Å². The summed E-state index contributed by atoms with van der Waals surface area (Å²) in [5.74, 6) is -0.0463. The number of hydrogen-bond donors (Lipinski definition) is 0. The van der Waals surface area contributed by atoms with Crippen LogP contribution in [0.2, 0.25) is 0 Å². The maximum atomic E-state index is 12.8. The Morgan fingerprint density at radius 1 is 1.21 bits per heavy atom. The van der Waals surface area contributed by atoms with Crippen molar-refractivity contribution in [3.63, 3.8) is 0 Å². The van der Waals surface area contributed by atoms with Gasteiger partial charge in [0.05, 0.1) is 35.8 Å². The maximum Gasteiger partial charge on any atom is 0.177 e. The quantitative estimate of drug-likeness (QED) is 0.688. The zero-order valence-electron chi connectivity index (χ0n) is 16.0. The Labute approximate surface area is 177 Å². The molecule has 0 bridgehead atoms. The van der Waals surface area contributed by atoms with Gasteiger partial charge >= 0.3 is 0 Å². The summed E-state index contributed by atoms with van der Waals surface area (Å²) in [7, 11) is 1.57. The van der Waals surface area contributed by atoms with Crippen molar-refractivity contribution >= 4 is 27.8 Å². The number of nitrogens with zero attached hydrogens (tertiary/aromatic N) is 3. The van der Waals surface area contributed by atoms with Gasteiger partial charge in [-0.2, -0.15) is 10.5 Å². The van der Waals surface area contributed by atoms with Gasteiger partial charge in [0.15, 0.2) is 11.2 Å². The minimum absolute atomic E-state index is 0.0802. The fourth-order valence-electron chi connectivity index (χ4n) is 4.70. The van der Waals surface area contributed by atoms with Crippen LogP contribution in [-0.2, 0) is 4.79 Å². The van der Waals surface area contributed by atoms with Crippen molar-refractivity contribution in [1.29, 1.82) is 10.5 Å². The van der Waals surface area contributed by atoms with Crippen molar-refractivity contribution in [3.05, 3.63) is 69.8 Å². The molecule has 1 fully saturated rings. The number of ketones is 1. The third-order valence-electron chi connectivity index (χ3n) is 5.90. The second kappa shape index (κ2) is 7.06. The predicted molar refractivity (Wildman–Crippen MR) is 112 cm³/mol. The standard InChI is InChI=1S/C23H18BrN3O2/c1-14(28)21-20(16-7-8-19(29-2)18(24)11-16)23(12-25,13-26)22-17-6-4-3-5-15(17)9-10-27(21)22/h3-11,20-22H,1-2H3. The second-order valence-corrected chi connectivity index (χ2v) is 8.17. The molecular formula is C23H18BrN3O2. The number of hydrogen-bond acceptors (Lipinski definition) is 5. The molecule has 6 heteroatoms. The number of fused-ring (bicyclic) bond motifs is 3. The summed E-state index contributed by atoms with van der Waals surface area (Å²) in [6.45, 7) is 1.52. The molecule has 5 nitrogen and oxygen atoms in total. The Morgan fingerprint density at radius 3 is 2.55 bits per heavy atom. The van der Waals surface area contributed by atoms with E-state index in [0.717, 1.165) is 16.7 Å². The monoisotopic (exact) mass is 447 g/mol. The Morgan fingerprint density at radius 2 is 1.93 bits per heavy atom. The lowest BCUT2D eigenvalue weighted by Gasteiger charge is -2.34. The molecular weight excluding hydrogens is 430 g/mol. The van der Waals surface area contributed by atoms with Crippen LogP contribution in [-0.4, -0.2) is 23.8 Å². The largest absolute Gasteiger partial charge is 0.496 e. The van der Waals surface area contributed by atoms with Crippen LogP contribution < -0.4 is 4.74 Å². The average molecular weight is 448 g/mol. The first-order chi connectivity index (χ1) is 14.0. The van der Waals surface area contributed by atoms with Gasteiger partial charge in [-0.3, -0.25) is 4.79 Å². The van der Waals surface area contributed by atoms with E-state index in [0.29, 0.717) is 10.2 Å². The van der Waals surface area contributed by atoms with Crippen molar-refractivity contribution in [1.82, 2.24) is 4.90 Å². The Bertz CT molecular complexity index is 1100. The van der Waals surface area contributed by atoms with Crippen molar-refractivity contribution < 1.29 is 9.53 Å². The van der Waals surface area contributed by atoms with Crippen LogP contribution in [0.1, 0.15) is 35.6 Å². The molecule has 0 saturated carbocycles. The van der Waals surface area contributed by atoms with E-state index in [2.05, 4.69) is 28.1 Å². The molecule has 2 aromatic carbocycles. The number of rotatable bonds is 3. The van der Waals surface area contributed by atoms with Gasteiger partial charge in [0.1, 0.15) is 5.75 Å². The third kappa shape index (κ3) is 2.68. The van der Waals surface area contributed by atoms with Crippen LogP contribution in [0.5, 0.6) is 5.75 Å². The molecule has 0 aromatic heterocycles. The second-order valence-electron chi connectivity index (χ2n) is 7.31. The average Bonchev–Trinajstić information content (AvgIpc) is 3.05. The summed E-state index contributed by atoms with van der Waals surface area (Å²) in [6, 6.07) is 16.7. The van der Waals surface area contributed by atoms with E-state index in [4.69, 9.17) is 4.74 Å². The first-order valence-electron chi connectivity index (χ1n) is 9.19. The minimum Gasteiger partial charge on any atom is -0.496 e. The maximum absolute atomic E-state index is 12.8. The highest BCUT2D eigenvalue weighted by molar-refractivity contribution is 9.10. The van der Waals surface area contributed by atoms with E-state index in [1.807, 2.05) is 53.6 Å². The zero-order chi connectivity index (χ0) is 20.8. The summed E-state index contributed by atoms with van der Waals surface area (Å²) in [5.41, 5.74) is 1.17. The number of methoxy groups -OCH3 is 1. The number of carbonyl (C=O) groups excluding carboxylic acids is 1. The van der Waals surface area contributed by atoms with Crippen LogP contribution >= 0.6 is 15.9 Å². The normalized spacial score (nSPS) is 23.5. The number of ether oxygens (including phenoxy) is 1. The molecule has 0 spiro atoms. The van der Waals surface area contributed by atoms with Crippen molar-refractivity contribution in [2.75, 3.05) is 7.11 Å². The topological polar surface area (TPSA) is 77.1 Å². The van der Waals surface area contributed by atoms with E-state index in [-0.39, 0.29) is 5.78 Å². The summed E-state index contributed by atoms with van der Waals surface area (Å²) < 4.78 is 6.03. The predicted octanol–water partition coefficient (Wildman–Crippen LogP) is 4.57. The molecule has 3 atom stereocenters. The van der Waals surface area contributed by atoms with E-state index < -0.39 is 23.4 Å². The highest BCUT2D eigenvalue weighted by Gasteiger charge is 2.63. The molecule has 29 heavy (non-hydrogen) atoms. The highest BCUT2D eigenvalue weighted by atomic mass is 79.9. The number of Topliss-reactive ketones (excluding diaryl/α,β-unsaturated/α-hetero) is 1. The molecule has 2 heterocycles. The number of nitriles is 2. The SMILES string of the molecule is COc1ccc(C2C(C(C)=O)N3C=Cc4ccccc4C3C2(C#N)C#N)cc1Br. The molecule has 0 radical (unpaired) electrons. The van der Waals surface area contributed by atoms with Crippen LogP contribution in [0.25, 0.3) is 6.08 Å². The molecule has 1 saturated heterocycles. The lowest BCUT2D eigenvalue weighted by Crippen LogP contribution is -2.36. The zero-order valence-corrected chi connectivity index (χ0v) is 17.6. The third-order valence-corrected chi connectivity index (χ3v) is 6.51. The first-order valence-corrected chi connectivity index (χ1v) is 9.98. The van der Waals surface area contributed by atoms with Crippen molar-refractivity contribution in [2.24, 2.45) is 5.41 Å². The lowest BCUT2D eigenvalue weighted by atomic mass is 9.68. The van der Waals surface area contributed by atoms with Gasteiger partial charge in [-0.1, -0.05) is 30.3 Å². The van der Waals surface area contributed by atoms with E-state index in [9.17, 15) is 15.3 Å². The molecule has 3 unspecified atom stereocenters. The molecule has 2 aliphatic rings. The summed E-state index contributed by atoms with van der Waals surface area (Å²) in [6.07, 6.45) is 3.79. The van der Waals surface area contributed by atoms with Crippen molar-refractivity contribution in [2.45, 2.75) is 24.9 Å². The number of benzene rings is 2. The molecule has 2 aromatic rings. The van der Waals surface area contributed by atoms with Crippen LogP contribution in [0.4, 0.5) is 0 Å². The minimum atomic E-state index is -1.43. The molecule has 0 N–H and O–H groups in total. The van der Waals surface area contributed by atoms with Gasteiger partial charge in [-0.05, 0) is 57.8 Å². The number of carbonyl (C=O) groups is 1. The van der Waals surface area contributed by atoms with Crippen molar-refractivity contribution in [3.8, 4) is 17.9 Å². The smallest absolute Gasteiger partial charge is 0.177 e. The van der Waals surface area contributed by atoms with Crippen LogP contribution in [0, 0.1) is 28.1 Å². The van der Waals surface area contributed by atoms with E-state index in [1.165, 1.54) is 6.92 Å². The fraction of sp³-hybridized carbons (Fsp3) is 0.261.